The molecule has 1 atom stereocenters. The van der Waals surface area contributed by atoms with Gasteiger partial charge in [0.1, 0.15) is 0 Å². The van der Waals surface area contributed by atoms with Crippen LogP contribution in [0.4, 0.5) is 10.1 Å². The molecule has 1 heterocycles. The zero-order valence-electron chi connectivity index (χ0n) is 12.4. The highest BCUT2D eigenvalue weighted by Gasteiger charge is 2.18. The van der Waals surface area contributed by atoms with Gasteiger partial charge in [-0.3, -0.25) is 9.78 Å². The second kappa shape index (κ2) is 7.33. The summed E-state index contributed by atoms with van der Waals surface area (Å²) in [6.07, 6.45) is 2.15. The predicted octanol–water partition coefficient (Wildman–Crippen LogP) is 3.48. The lowest BCUT2D eigenvalue weighted by Crippen LogP contribution is -2.37. The van der Waals surface area contributed by atoms with Crippen molar-refractivity contribution in [1.82, 2.24) is 10.3 Å². The Morgan fingerprint density at radius 3 is 2.77 bits per heavy atom. The van der Waals surface area contributed by atoms with Gasteiger partial charge >= 0.3 is 0 Å². The fourth-order valence-electron chi connectivity index (χ4n) is 2.14. The van der Waals surface area contributed by atoms with Gasteiger partial charge in [0.25, 0.3) is 0 Å². The number of carbonyl (C=O) groups excluding carboxylic acids is 1. The van der Waals surface area contributed by atoms with E-state index in [2.05, 4.69) is 15.6 Å². The van der Waals surface area contributed by atoms with E-state index < -0.39 is 5.82 Å². The highest BCUT2D eigenvalue weighted by atomic mass is 35.5. The summed E-state index contributed by atoms with van der Waals surface area (Å²) in [6.45, 7) is 1.88. The van der Waals surface area contributed by atoms with E-state index in [1.165, 1.54) is 6.07 Å². The van der Waals surface area contributed by atoms with Gasteiger partial charge in [0, 0.05) is 11.8 Å². The van der Waals surface area contributed by atoms with Crippen LogP contribution in [0.5, 0.6) is 0 Å². The number of halogens is 2. The van der Waals surface area contributed by atoms with Crippen LogP contribution in [0.1, 0.15) is 13.3 Å². The first-order valence-corrected chi connectivity index (χ1v) is 7.33. The zero-order chi connectivity index (χ0) is 16.1. The van der Waals surface area contributed by atoms with Gasteiger partial charge in [-0.25, -0.2) is 4.39 Å². The summed E-state index contributed by atoms with van der Waals surface area (Å²) in [5, 5.41) is 5.83. The van der Waals surface area contributed by atoms with Gasteiger partial charge in [0.15, 0.2) is 5.82 Å². The topological polar surface area (TPSA) is 54.0 Å². The van der Waals surface area contributed by atoms with Crippen LogP contribution in [0.15, 0.2) is 36.5 Å². The third-order valence-corrected chi connectivity index (χ3v) is 3.65. The number of rotatable bonds is 5. The Labute approximate surface area is 133 Å². The fraction of sp³-hybridized carbons (Fsp3) is 0.250. The van der Waals surface area contributed by atoms with Crippen LogP contribution in [0.25, 0.3) is 11.3 Å². The van der Waals surface area contributed by atoms with Crippen LogP contribution in [0.3, 0.4) is 0 Å². The normalized spacial score (nSPS) is 12.0. The molecule has 1 amide bonds. The molecule has 0 fully saturated rings. The quantitative estimate of drug-likeness (QED) is 0.886. The number of hydrogen-bond acceptors (Lipinski definition) is 3. The third kappa shape index (κ3) is 3.43. The van der Waals surface area contributed by atoms with Crippen molar-refractivity contribution in [3.8, 4) is 11.3 Å². The summed E-state index contributed by atoms with van der Waals surface area (Å²) < 4.78 is 14.6. The summed E-state index contributed by atoms with van der Waals surface area (Å²) in [5.74, 6) is -0.837. The van der Waals surface area contributed by atoms with Gasteiger partial charge in [-0.15, -0.1) is 0 Å². The third-order valence-electron chi connectivity index (χ3n) is 3.34. The number of hydrogen-bond donors (Lipinski definition) is 2. The number of carbonyl (C=O) groups is 1. The smallest absolute Gasteiger partial charge is 0.241 e. The van der Waals surface area contributed by atoms with Crippen molar-refractivity contribution in [2.75, 3.05) is 12.4 Å². The van der Waals surface area contributed by atoms with Gasteiger partial charge in [-0.05, 0) is 37.7 Å². The first kappa shape index (κ1) is 16.4. The molecule has 1 unspecified atom stereocenters. The molecular weight excluding hydrogens is 305 g/mol. The minimum absolute atomic E-state index is 0.109. The number of benzene rings is 1. The summed E-state index contributed by atoms with van der Waals surface area (Å²) >= 11 is 6.06. The number of likely N-dealkylation sites (N-methyl/N-ethyl adjacent to an activating group) is 1. The average molecular weight is 322 g/mol. The molecule has 2 rings (SSSR count). The molecule has 0 radical (unpaired) electrons. The van der Waals surface area contributed by atoms with E-state index in [1.807, 2.05) is 6.92 Å². The summed E-state index contributed by atoms with van der Waals surface area (Å²) in [7, 11) is 1.69. The molecule has 2 aromatic rings. The Bertz CT molecular complexity index is 674. The number of pyridine rings is 1. The van der Waals surface area contributed by atoms with Crippen molar-refractivity contribution < 1.29 is 9.18 Å². The standard InChI is InChI=1S/C16H17ClFN3O/c1-3-12(19-2)16(22)21-13-8-4-6-10(14(13)18)15-11(17)7-5-9-20-15/h4-9,12,19H,3H2,1-2H3,(H,21,22). The molecule has 0 saturated carbocycles. The first-order chi connectivity index (χ1) is 10.6. The molecule has 0 spiro atoms. The Hall–Kier alpha value is -1.98. The van der Waals surface area contributed by atoms with Gasteiger partial charge in [-0.2, -0.15) is 0 Å². The van der Waals surface area contributed by atoms with Crippen molar-refractivity contribution in [3.63, 3.8) is 0 Å². The number of amides is 1. The molecule has 116 valence electrons. The molecule has 0 saturated heterocycles. The van der Waals surface area contributed by atoms with Crippen LogP contribution in [-0.4, -0.2) is 24.0 Å². The van der Waals surface area contributed by atoms with E-state index in [1.54, 1.807) is 37.5 Å². The molecule has 1 aromatic carbocycles. The molecule has 0 bridgehead atoms. The maximum Gasteiger partial charge on any atom is 0.241 e. The van der Waals surface area contributed by atoms with E-state index in [-0.39, 0.29) is 23.2 Å². The second-order valence-electron chi connectivity index (χ2n) is 4.74. The van der Waals surface area contributed by atoms with E-state index in [0.29, 0.717) is 17.1 Å². The molecule has 22 heavy (non-hydrogen) atoms. The molecule has 6 heteroatoms. The highest BCUT2D eigenvalue weighted by molar-refractivity contribution is 6.33. The van der Waals surface area contributed by atoms with Crippen molar-refractivity contribution in [2.45, 2.75) is 19.4 Å². The molecular formula is C16H17ClFN3O. The first-order valence-electron chi connectivity index (χ1n) is 6.96. The van der Waals surface area contributed by atoms with Crippen molar-refractivity contribution in [2.24, 2.45) is 0 Å². The van der Waals surface area contributed by atoms with Crippen LogP contribution >= 0.6 is 11.6 Å². The molecule has 0 aliphatic heterocycles. The van der Waals surface area contributed by atoms with Gasteiger partial charge in [0.2, 0.25) is 5.91 Å². The average Bonchev–Trinajstić information content (AvgIpc) is 2.51. The second-order valence-corrected chi connectivity index (χ2v) is 5.15. The van der Waals surface area contributed by atoms with Gasteiger partial charge in [-0.1, -0.05) is 24.6 Å². The van der Waals surface area contributed by atoms with Crippen LogP contribution in [0.2, 0.25) is 5.02 Å². The minimum atomic E-state index is -0.553. The molecule has 2 N–H and O–H groups in total. The van der Waals surface area contributed by atoms with E-state index in [0.717, 1.165) is 0 Å². The number of anilines is 1. The van der Waals surface area contributed by atoms with Crippen molar-refractivity contribution in [3.05, 3.63) is 47.4 Å². The number of aromatic nitrogens is 1. The lowest BCUT2D eigenvalue weighted by Gasteiger charge is -2.15. The Balaban J connectivity index is 2.35. The van der Waals surface area contributed by atoms with Crippen molar-refractivity contribution >= 4 is 23.2 Å². The fourth-order valence-corrected chi connectivity index (χ4v) is 2.36. The summed E-state index contributed by atoms with van der Waals surface area (Å²) in [4.78, 5) is 16.2. The molecule has 0 aliphatic rings. The van der Waals surface area contributed by atoms with Crippen LogP contribution < -0.4 is 10.6 Å². The molecule has 0 aliphatic carbocycles. The highest BCUT2D eigenvalue weighted by Crippen LogP contribution is 2.30. The molecule has 1 aromatic heterocycles. The van der Waals surface area contributed by atoms with Crippen molar-refractivity contribution in [1.29, 1.82) is 0 Å². The van der Waals surface area contributed by atoms with Crippen LogP contribution in [-0.2, 0) is 4.79 Å². The Morgan fingerprint density at radius 2 is 2.14 bits per heavy atom. The predicted molar refractivity (Wildman–Crippen MR) is 86.4 cm³/mol. The van der Waals surface area contributed by atoms with E-state index in [9.17, 15) is 9.18 Å². The number of nitrogens with zero attached hydrogens (tertiary/aromatic N) is 1. The van der Waals surface area contributed by atoms with E-state index in [4.69, 9.17) is 11.6 Å². The maximum atomic E-state index is 14.6. The number of nitrogens with one attached hydrogen (secondary N) is 2. The van der Waals surface area contributed by atoms with E-state index >= 15 is 0 Å². The largest absolute Gasteiger partial charge is 0.322 e. The maximum absolute atomic E-state index is 14.6. The monoisotopic (exact) mass is 321 g/mol. The van der Waals surface area contributed by atoms with Gasteiger partial charge in [0.05, 0.1) is 22.4 Å². The Kier molecular flexibility index (Phi) is 5.46. The lowest BCUT2D eigenvalue weighted by molar-refractivity contribution is -0.118. The lowest BCUT2D eigenvalue weighted by atomic mass is 10.1. The SMILES string of the molecule is CCC(NC)C(=O)Nc1cccc(-c2ncccc2Cl)c1F. The summed E-state index contributed by atoms with van der Waals surface area (Å²) in [5.41, 5.74) is 0.706. The van der Waals surface area contributed by atoms with Crippen LogP contribution in [0, 0.1) is 5.82 Å². The minimum Gasteiger partial charge on any atom is -0.322 e. The molecule has 4 nitrogen and oxygen atoms in total. The Morgan fingerprint density at radius 1 is 1.36 bits per heavy atom. The summed E-state index contributed by atoms with van der Waals surface area (Å²) in [6, 6.07) is 7.68. The zero-order valence-corrected chi connectivity index (χ0v) is 13.1. The van der Waals surface area contributed by atoms with Gasteiger partial charge < -0.3 is 10.6 Å².